The van der Waals surface area contributed by atoms with Gasteiger partial charge in [-0.25, -0.2) is 0 Å². The number of fused-ring (bicyclic) bond motifs is 1. The lowest BCUT2D eigenvalue weighted by atomic mass is 10.2. The van der Waals surface area contributed by atoms with E-state index in [0.29, 0.717) is 16.7 Å². The molecule has 0 amide bonds. The molecule has 5 nitrogen and oxygen atoms in total. The van der Waals surface area contributed by atoms with E-state index in [2.05, 4.69) is 4.98 Å². The minimum Gasteiger partial charge on any atom is -0.449 e. The Kier molecular flexibility index (Phi) is 3.19. The van der Waals surface area contributed by atoms with Crippen LogP contribution in [0.15, 0.2) is 54.7 Å². The first-order valence-electron chi connectivity index (χ1n) is 6.11. The van der Waals surface area contributed by atoms with Gasteiger partial charge in [-0.3, -0.25) is 15.1 Å². The maximum atomic E-state index is 13.6. The fourth-order valence-corrected chi connectivity index (χ4v) is 2.04. The first-order valence-corrected chi connectivity index (χ1v) is 6.11. The Labute approximate surface area is 118 Å². The van der Waals surface area contributed by atoms with Crippen LogP contribution in [0.2, 0.25) is 0 Å². The fourth-order valence-electron chi connectivity index (χ4n) is 2.04. The van der Waals surface area contributed by atoms with Crippen LogP contribution >= 0.6 is 0 Å². The van der Waals surface area contributed by atoms with Crippen molar-refractivity contribution in [1.82, 2.24) is 4.98 Å². The molecule has 0 radical (unpaired) electrons. The van der Waals surface area contributed by atoms with Crippen molar-refractivity contribution in [1.29, 1.82) is 0 Å². The van der Waals surface area contributed by atoms with E-state index >= 15 is 0 Å². The number of nitro groups is 1. The molecule has 21 heavy (non-hydrogen) atoms. The van der Waals surface area contributed by atoms with Crippen molar-refractivity contribution in [2.45, 2.75) is 0 Å². The van der Waals surface area contributed by atoms with E-state index in [1.807, 2.05) is 0 Å². The van der Waals surface area contributed by atoms with Crippen molar-refractivity contribution in [3.05, 3.63) is 70.7 Å². The average molecular weight is 284 g/mol. The van der Waals surface area contributed by atoms with E-state index in [9.17, 15) is 14.5 Å². The molecule has 6 heteroatoms. The molecule has 2 aromatic carbocycles. The van der Waals surface area contributed by atoms with Gasteiger partial charge in [-0.2, -0.15) is 4.39 Å². The minimum atomic E-state index is -0.934. The number of benzene rings is 2. The van der Waals surface area contributed by atoms with Gasteiger partial charge in [-0.15, -0.1) is 0 Å². The van der Waals surface area contributed by atoms with Crippen LogP contribution in [-0.2, 0) is 0 Å². The molecule has 0 aliphatic heterocycles. The molecule has 0 unspecified atom stereocenters. The van der Waals surface area contributed by atoms with Crippen LogP contribution in [0.1, 0.15) is 0 Å². The highest BCUT2D eigenvalue weighted by Gasteiger charge is 2.22. The van der Waals surface area contributed by atoms with Crippen molar-refractivity contribution in [3.63, 3.8) is 0 Å². The zero-order valence-electron chi connectivity index (χ0n) is 10.7. The third-order valence-electron chi connectivity index (χ3n) is 2.96. The minimum absolute atomic E-state index is 0.142. The second kappa shape index (κ2) is 5.16. The van der Waals surface area contributed by atoms with Gasteiger partial charge in [-0.1, -0.05) is 12.1 Å². The van der Waals surface area contributed by atoms with Gasteiger partial charge < -0.3 is 4.74 Å². The zero-order valence-corrected chi connectivity index (χ0v) is 10.7. The van der Waals surface area contributed by atoms with Gasteiger partial charge >= 0.3 is 5.69 Å². The monoisotopic (exact) mass is 284 g/mol. The molecule has 3 aromatic rings. The number of pyridine rings is 1. The summed E-state index contributed by atoms with van der Waals surface area (Å²) in [6, 6.07) is 12.4. The number of rotatable bonds is 3. The maximum Gasteiger partial charge on any atom is 0.346 e. The van der Waals surface area contributed by atoms with E-state index in [-0.39, 0.29) is 5.75 Å². The van der Waals surface area contributed by atoms with Gasteiger partial charge in [0, 0.05) is 11.6 Å². The van der Waals surface area contributed by atoms with Crippen LogP contribution in [0.5, 0.6) is 11.5 Å². The van der Waals surface area contributed by atoms with Crippen molar-refractivity contribution in [2.75, 3.05) is 0 Å². The lowest BCUT2D eigenvalue weighted by Crippen LogP contribution is -1.97. The average Bonchev–Trinajstić information content (AvgIpc) is 2.47. The van der Waals surface area contributed by atoms with Crippen molar-refractivity contribution < 1.29 is 14.1 Å². The molecule has 0 saturated carbocycles. The second-order valence-corrected chi connectivity index (χ2v) is 4.27. The molecule has 3 rings (SSSR count). The largest absolute Gasteiger partial charge is 0.449 e. The number of nitrogens with zero attached hydrogens (tertiary/aromatic N) is 2. The Bertz CT molecular complexity index is 831. The second-order valence-electron chi connectivity index (χ2n) is 4.27. The van der Waals surface area contributed by atoms with Gasteiger partial charge in [0.1, 0.15) is 5.75 Å². The number of hydrogen-bond donors (Lipinski definition) is 0. The van der Waals surface area contributed by atoms with Crippen LogP contribution in [0.3, 0.4) is 0 Å². The molecule has 1 heterocycles. The molecule has 0 aliphatic carbocycles. The van der Waals surface area contributed by atoms with Crippen molar-refractivity contribution in [2.24, 2.45) is 0 Å². The van der Waals surface area contributed by atoms with Crippen LogP contribution in [0.25, 0.3) is 10.9 Å². The van der Waals surface area contributed by atoms with E-state index in [1.54, 1.807) is 36.5 Å². The number of halogens is 1. The van der Waals surface area contributed by atoms with Gasteiger partial charge in [0.2, 0.25) is 11.6 Å². The highest BCUT2D eigenvalue weighted by atomic mass is 19.1. The summed E-state index contributed by atoms with van der Waals surface area (Å²) in [5.41, 5.74) is 0.00690. The van der Waals surface area contributed by atoms with Gasteiger partial charge in [0.25, 0.3) is 0 Å². The zero-order chi connectivity index (χ0) is 14.8. The third kappa shape index (κ3) is 2.38. The van der Waals surface area contributed by atoms with E-state index in [0.717, 1.165) is 6.07 Å². The summed E-state index contributed by atoms with van der Waals surface area (Å²) < 4.78 is 19.1. The third-order valence-corrected chi connectivity index (χ3v) is 2.96. The Balaban J connectivity index is 2.12. The standard InChI is InChI=1S/C15H9FN2O3/c16-11-5-1-8-14(15(11)18(19)20)21-13-7-2-6-12-10(13)4-3-9-17-12/h1-9H. The summed E-state index contributed by atoms with van der Waals surface area (Å²) in [6.07, 6.45) is 1.64. The predicted octanol–water partition coefficient (Wildman–Crippen LogP) is 4.07. The number of para-hydroxylation sites is 1. The van der Waals surface area contributed by atoms with Crippen LogP contribution in [0.4, 0.5) is 10.1 Å². The Morgan fingerprint density at radius 3 is 2.62 bits per heavy atom. The summed E-state index contributed by atoms with van der Waals surface area (Å²) in [7, 11) is 0. The molecule has 0 saturated heterocycles. The quantitative estimate of drug-likeness (QED) is 0.537. The molecule has 0 bridgehead atoms. The topological polar surface area (TPSA) is 65.3 Å². The summed E-state index contributed by atoms with van der Waals surface area (Å²) in [6.45, 7) is 0. The SMILES string of the molecule is O=[N+]([O-])c1c(F)cccc1Oc1cccc2ncccc12. The van der Waals surface area contributed by atoms with Crippen LogP contribution in [-0.4, -0.2) is 9.91 Å². The number of nitro benzene ring substituents is 1. The molecule has 0 atom stereocenters. The lowest BCUT2D eigenvalue weighted by Gasteiger charge is -2.09. The van der Waals surface area contributed by atoms with E-state index in [4.69, 9.17) is 4.74 Å². The first kappa shape index (κ1) is 13.0. The number of ether oxygens (including phenoxy) is 1. The molecule has 1 aromatic heterocycles. The predicted molar refractivity (Wildman–Crippen MR) is 74.9 cm³/mol. The molecular weight excluding hydrogens is 275 g/mol. The van der Waals surface area contributed by atoms with Crippen molar-refractivity contribution in [3.8, 4) is 11.5 Å². The lowest BCUT2D eigenvalue weighted by molar-refractivity contribution is -0.388. The van der Waals surface area contributed by atoms with Gasteiger partial charge in [0.05, 0.1) is 10.4 Å². The van der Waals surface area contributed by atoms with E-state index in [1.165, 1.54) is 12.1 Å². The van der Waals surface area contributed by atoms with Crippen molar-refractivity contribution >= 4 is 16.6 Å². The van der Waals surface area contributed by atoms with E-state index < -0.39 is 16.4 Å². The Morgan fingerprint density at radius 2 is 1.81 bits per heavy atom. The summed E-state index contributed by atoms with van der Waals surface area (Å²) in [5, 5.41) is 11.7. The fraction of sp³-hybridized carbons (Fsp3) is 0. The normalized spacial score (nSPS) is 10.5. The van der Waals surface area contributed by atoms with Gasteiger partial charge in [-0.05, 0) is 36.4 Å². The van der Waals surface area contributed by atoms with Crippen LogP contribution < -0.4 is 4.74 Å². The molecular formula is C15H9FN2O3. The molecule has 0 fully saturated rings. The highest BCUT2D eigenvalue weighted by Crippen LogP contribution is 2.35. The maximum absolute atomic E-state index is 13.6. The first-order chi connectivity index (χ1) is 10.2. The molecule has 0 spiro atoms. The summed E-state index contributed by atoms with van der Waals surface area (Å²) in [4.78, 5) is 14.3. The summed E-state index contributed by atoms with van der Waals surface area (Å²) in [5.74, 6) is -0.693. The molecule has 104 valence electrons. The highest BCUT2D eigenvalue weighted by molar-refractivity contribution is 5.85. The number of hydrogen-bond acceptors (Lipinski definition) is 4. The number of aromatic nitrogens is 1. The summed E-state index contributed by atoms with van der Waals surface area (Å²) >= 11 is 0. The Morgan fingerprint density at radius 1 is 1.05 bits per heavy atom. The molecule has 0 aliphatic rings. The van der Waals surface area contributed by atoms with Crippen LogP contribution in [0, 0.1) is 15.9 Å². The smallest absolute Gasteiger partial charge is 0.346 e. The molecule has 0 N–H and O–H groups in total. The Hall–Kier alpha value is -3.02. The van der Waals surface area contributed by atoms with Gasteiger partial charge in [0.15, 0.2) is 0 Å².